The van der Waals surface area contributed by atoms with Gasteiger partial charge in [0.05, 0.1) is 4.99 Å². The van der Waals surface area contributed by atoms with Crippen molar-refractivity contribution >= 4 is 23.1 Å². The van der Waals surface area contributed by atoms with Gasteiger partial charge in [-0.05, 0) is 19.3 Å². The standard InChI is InChI=1S/C13H24N2OS/c1-2-9-15(10-8-12(14)17)13(16)11-6-4-3-5-7-11/h11H,2-10H2,1H3,(H2,14,17). The molecule has 1 rings (SSSR count). The molecule has 0 spiro atoms. The minimum Gasteiger partial charge on any atom is -0.393 e. The topological polar surface area (TPSA) is 46.3 Å². The molecule has 0 bridgehead atoms. The van der Waals surface area contributed by atoms with Crippen molar-refractivity contribution in [3.63, 3.8) is 0 Å². The first-order chi connectivity index (χ1) is 8.15. The molecule has 0 aliphatic heterocycles. The van der Waals surface area contributed by atoms with Gasteiger partial charge in [0, 0.05) is 25.4 Å². The molecule has 0 aromatic carbocycles. The van der Waals surface area contributed by atoms with Crippen LogP contribution in [0, 0.1) is 5.92 Å². The third-order valence-electron chi connectivity index (χ3n) is 3.39. The van der Waals surface area contributed by atoms with Gasteiger partial charge in [0.25, 0.3) is 0 Å². The van der Waals surface area contributed by atoms with Gasteiger partial charge in [0.2, 0.25) is 5.91 Å². The summed E-state index contributed by atoms with van der Waals surface area (Å²) < 4.78 is 0. The molecular weight excluding hydrogens is 232 g/mol. The number of hydrogen-bond acceptors (Lipinski definition) is 2. The van der Waals surface area contributed by atoms with E-state index in [2.05, 4.69) is 6.92 Å². The lowest BCUT2D eigenvalue weighted by atomic mass is 9.88. The third-order valence-corrected chi connectivity index (χ3v) is 3.59. The van der Waals surface area contributed by atoms with E-state index >= 15 is 0 Å². The molecule has 0 heterocycles. The fourth-order valence-electron chi connectivity index (χ4n) is 2.45. The smallest absolute Gasteiger partial charge is 0.225 e. The van der Waals surface area contributed by atoms with Crippen LogP contribution in [0.15, 0.2) is 0 Å². The largest absolute Gasteiger partial charge is 0.393 e. The Morgan fingerprint density at radius 3 is 2.47 bits per heavy atom. The highest BCUT2D eigenvalue weighted by atomic mass is 32.1. The monoisotopic (exact) mass is 256 g/mol. The van der Waals surface area contributed by atoms with Crippen molar-refractivity contribution in [2.75, 3.05) is 13.1 Å². The van der Waals surface area contributed by atoms with E-state index < -0.39 is 0 Å². The van der Waals surface area contributed by atoms with Crippen LogP contribution in [0.1, 0.15) is 51.9 Å². The van der Waals surface area contributed by atoms with Crippen molar-refractivity contribution in [2.24, 2.45) is 11.7 Å². The van der Waals surface area contributed by atoms with E-state index in [0.717, 1.165) is 25.8 Å². The number of carbonyl (C=O) groups excluding carboxylic acids is 1. The van der Waals surface area contributed by atoms with Crippen molar-refractivity contribution in [2.45, 2.75) is 51.9 Å². The summed E-state index contributed by atoms with van der Waals surface area (Å²) in [5.41, 5.74) is 5.51. The molecule has 4 heteroatoms. The maximum absolute atomic E-state index is 12.3. The Morgan fingerprint density at radius 2 is 1.94 bits per heavy atom. The van der Waals surface area contributed by atoms with E-state index in [4.69, 9.17) is 18.0 Å². The number of carbonyl (C=O) groups is 1. The first-order valence-electron chi connectivity index (χ1n) is 6.72. The van der Waals surface area contributed by atoms with E-state index in [-0.39, 0.29) is 5.92 Å². The van der Waals surface area contributed by atoms with Crippen molar-refractivity contribution < 1.29 is 4.79 Å². The first-order valence-corrected chi connectivity index (χ1v) is 7.13. The third kappa shape index (κ3) is 5.02. The Bertz CT molecular complexity index is 262. The Labute approximate surface area is 110 Å². The SMILES string of the molecule is CCCN(CCC(N)=S)C(=O)C1CCCCC1. The summed E-state index contributed by atoms with van der Waals surface area (Å²) in [7, 11) is 0. The van der Waals surface area contributed by atoms with Gasteiger partial charge in [-0.25, -0.2) is 0 Å². The number of nitrogens with two attached hydrogens (primary N) is 1. The minimum absolute atomic E-state index is 0.252. The van der Waals surface area contributed by atoms with Crippen LogP contribution < -0.4 is 5.73 Å². The predicted octanol–water partition coefficient (Wildman–Crippen LogP) is 2.48. The Morgan fingerprint density at radius 1 is 1.29 bits per heavy atom. The zero-order chi connectivity index (χ0) is 12.7. The minimum atomic E-state index is 0.252. The molecule has 1 amide bonds. The van der Waals surface area contributed by atoms with Gasteiger partial charge in [-0.15, -0.1) is 0 Å². The van der Waals surface area contributed by atoms with E-state index in [9.17, 15) is 4.79 Å². The lowest BCUT2D eigenvalue weighted by molar-refractivity contribution is -0.136. The molecule has 98 valence electrons. The summed E-state index contributed by atoms with van der Waals surface area (Å²) in [5, 5.41) is 0. The average Bonchev–Trinajstić information content (AvgIpc) is 2.34. The number of nitrogens with zero attached hydrogens (tertiary/aromatic N) is 1. The normalized spacial score (nSPS) is 16.8. The summed E-state index contributed by atoms with van der Waals surface area (Å²) in [6, 6.07) is 0. The van der Waals surface area contributed by atoms with Gasteiger partial charge in [0.1, 0.15) is 0 Å². The molecule has 2 N–H and O–H groups in total. The van der Waals surface area contributed by atoms with E-state index in [0.29, 0.717) is 23.9 Å². The summed E-state index contributed by atoms with van der Waals surface area (Å²) in [4.78, 5) is 14.8. The molecule has 0 aromatic rings. The van der Waals surface area contributed by atoms with Crippen LogP contribution in [-0.2, 0) is 4.79 Å². The Balaban J connectivity index is 2.48. The van der Waals surface area contributed by atoms with Gasteiger partial charge >= 0.3 is 0 Å². The molecule has 0 atom stereocenters. The molecule has 0 unspecified atom stereocenters. The molecule has 17 heavy (non-hydrogen) atoms. The molecule has 3 nitrogen and oxygen atoms in total. The molecule has 1 saturated carbocycles. The van der Waals surface area contributed by atoms with Gasteiger partial charge in [-0.2, -0.15) is 0 Å². The van der Waals surface area contributed by atoms with Gasteiger partial charge in [-0.1, -0.05) is 38.4 Å². The summed E-state index contributed by atoms with van der Waals surface area (Å²) in [6.45, 7) is 3.62. The van der Waals surface area contributed by atoms with Gasteiger partial charge < -0.3 is 10.6 Å². The summed E-state index contributed by atoms with van der Waals surface area (Å²) in [6.07, 6.45) is 7.45. The highest BCUT2D eigenvalue weighted by molar-refractivity contribution is 7.80. The molecule has 0 radical (unpaired) electrons. The number of hydrogen-bond donors (Lipinski definition) is 1. The second kappa shape index (κ2) is 7.64. The number of amides is 1. The van der Waals surface area contributed by atoms with Crippen molar-refractivity contribution in [3.05, 3.63) is 0 Å². The van der Waals surface area contributed by atoms with E-state index in [1.54, 1.807) is 0 Å². The van der Waals surface area contributed by atoms with E-state index in [1.807, 2.05) is 4.90 Å². The maximum atomic E-state index is 12.3. The van der Waals surface area contributed by atoms with Crippen LogP contribution in [0.2, 0.25) is 0 Å². The summed E-state index contributed by atoms with van der Waals surface area (Å²) in [5.74, 6) is 0.574. The first kappa shape index (κ1) is 14.4. The predicted molar refractivity (Wildman–Crippen MR) is 74.8 cm³/mol. The lowest BCUT2D eigenvalue weighted by Crippen LogP contribution is -2.39. The Kier molecular flexibility index (Phi) is 6.48. The van der Waals surface area contributed by atoms with Gasteiger partial charge in [-0.3, -0.25) is 4.79 Å². The van der Waals surface area contributed by atoms with Crippen LogP contribution in [0.4, 0.5) is 0 Å². The fourth-order valence-corrected chi connectivity index (χ4v) is 2.55. The van der Waals surface area contributed by atoms with E-state index in [1.165, 1.54) is 19.3 Å². The van der Waals surface area contributed by atoms with Crippen molar-refractivity contribution in [1.82, 2.24) is 4.90 Å². The molecular formula is C13H24N2OS. The zero-order valence-electron chi connectivity index (χ0n) is 10.8. The number of rotatable bonds is 6. The average molecular weight is 256 g/mol. The highest BCUT2D eigenvalue weighted by Crippen LogP contribution is 2.25. The summed E-state index contributed by atoms with van der Waals surface area (Å²) >= 11 is 4.88. The maximum Gasteiger partial charge on any atom is 0.225 e. The number of thiocarbonyl (C=S) groups is 1. The molecule has 1 aliphatic rings. The molecule has 1 fully saturated rings. The second-order valence-electron chi connectivity index (χ2n) is 4.88. The second-order valence-corrected chi connectivity index (χ2v) is 5.40. The van der Waals surface area contributed by atoms with Crippen LogP contribution in [0.25, 0.3) is 0 Å². The van der Waals surface area contributed by atoms with Crippen LogP contribution in [0.3, 0.4) is 0 Å². The highest BCUT2D eigenvalue weighted by Gasteiger charge is 2.25. The zero-order valence-corrected chi connectivity index (χ0v) is 11.6. The Hall–Kier alpha value is -0.640. The van der Waals surface area contributed by atoms with Crippen LogP contribution >= 0.6 is 12.2 Å². The van der Waals surface area contributed by atoms with Crippen molar-refractivity contribution in [1.29, 1.82) is 0 Å². The van der Waals surface area contributed by atoms with Crippen LogP contribution in [0.5, 0.6) is 0 Å². The molecule has 0 saturated heterocycles. The molecule has 1 aliphatic carbocycles. The van der Waals surface area contributed by atoms with Crippen LogP contribution in [-0.4, -0.2) is 28.9 Å². The quantitative estimate of drug-likeness (QED) is 0.743. The van der Waals surface area contributed by atoms with Gasteiger partial charge in [0.15, 0.2) is 0 Å². The lowest BCUT2D eigenvalue weighted by Gasteiger charge is -2.29. The molecule has 0 aromatic heterocycles. The van der Waals surface area contributed by atoms with Crippen molar-refractivity contribution in [3.8, 4) is 0 Å². The fraction of sp³-hybridized carbons (Fsp3) is 0.846.